The number of benzene rings is 1. The van der Waals surface area contributed by atoms with Crippen LogP contribution in [0.3, 0.4) is 0 Å². The maximum Gasteiger partial charge on any atom is 0.225 e. The molecule has 0 aliphatic carbocycles. The Balaban J connectivity index is 2.43. The molecular formula is C19H28N4O3. The van der Waals surface area contributed by atoms with Crippen molar-refractivity contribution in [3.8, 4) is 5.75 Å². The van der Waals surface area contributed by atoms with Crippen molar-refractivity contribution in [3.05, 3.63) is 41.5 Å². The molecule has 3 N–H and O–H groups in total. The first-order chi connectivity index (χ1) is 12.1. The maximum atomic E-state index is 11.3. The van der Waals surface area contributed by atoms with E-state index in [-0.39, 0.29) is 25.0 Å². The average Bonchev–Trinajstić information content (AvgIpc) is 2.85. The van der Waals surface area contributed by atoms with Gasteiger partial charge in [0, 0.05) is 0 Å². The van der Waals surface area contributed by atoms with Gasteiger partial charge < -0.3 is 15.6 Å². The first kappa shape index (κ1) is 19.9. The van der Waals surface area contributed by atoms with Crippen LogP contribution >= 0.6 is 0 Å². The zero-order chi connectivity index (χ0) is 19.5. The monoisotopic (exact) mass is 360 g/mol. The van der Waals surface area contributed by atoms with Crippen molar-refractivity contribution < 1.29 is 14.6 Å². The summed E-state index contributed by atoms with van der Waals surface area (Å²) in [4.78, 5) is 15.8. The van der Waals surface area contributed by atoms with E-state index >= 15 is 0 Å². The summed E-state index contributed by atoms with van der Waals surface area (Å²) < 4.78 is 7.86. The van der Waals surface area contributed by atoms with Crippen LogP contribution in [0.2, 0.25) is 0 Å². The summed E-state index contributed by atoms with van der Waals surface area (Å²) in [6.45, 7) is 9.65. The maximum absolute atomic E-state index is 11.3. The molecule has 1 unspecified atom stereocenters. The van der Waals surface area contributed by atoms with Crippen LogP contribution in [-0.2, 0) is 17.8 Å². The highest BCUT2D eigenvalue weighted by molar-refractivity contribution is 5.75. The molecule has 1 aromatic heterocycles. The molecule has 0 radical (unpaired) electrons. The standard InChI is InChI=1S/C19H28N4O3/c1-12(2)17(26-14-9-7-6-8-13(14)3)18-21-16(10-15(20)24)22-23(18)11-19(4,5)25/h6-9,12,17,25H,10-11H2,1-5H3,(H2,20,24). The summed E-state index contributed by atoms with van der Waals surface area (Å²) in [5.41, 5.74) is 5.31. The van der Waals surface area contributed by atoms with Gasteiger partial charge in [-0.05, 0) is 38.3 Å². The number of hydrogen-bond acceptors (Lipinski definition) is 5. The number of aryl methyl sites for hydroxylation is 1. The number of primary amides is 1. The number of carbonyl (C=O) groups is 1. The fourth-order valence-electron chi connectivity index (χ4n) is 2.64. The minimum atomic E-state index is -0.989. The average molecular weight is 360 g/mol. The van der Waals surface area contributed by atoms with Crippen molar-refractivity contribution >= 4 is 5.91 Å². The highest BCUT2D eigenvalue weighted by atomic mass is 16.5. The number of aliphatic hydroxyl groups is 1. The van der Waals surface area contributed by atoms with Crippen molar-refractivity contribution in [2.45, 2.75) is 59.3 Å². The van der Waals surface area contributed by atoms with E-state index in [2.05, 4.69) is 10.1 Å². The number of carbonyl (C=O) groups excluding carboxylic acids is 1. The Kier molecular flexibility index (Phi) is 6.02. The Hall–Kier alpha value is -2.41. The number of hydrogen-bond donors (Lipinski definition) is 2. The second-order valence-electron chi connectivity index (χ2n) is 7.55. The third kappa shape index (κ3) is 5.29. The smallest absolute Gasteiger partial charge is 0.225 e. The number of amides is 1. The third-order valence-corrected chi connectivity index (χ3v) is 3.82. The summed E-state index contributed by atoms with van der Waals surface area (Å²) in [5, 5.41) is 14.6. The van der Waals surface area contributed by atoms with Crippen LogP contribution in [0.15, 0.2) is 24.3 Å². The lowest BCUT2D eigenvalue weighted by Gasteiger charge is -2.25. The summed E-state index contributed by atoms with van der Waals surface area (Å²) in [6, 6.07) is 7.76. The quantitative estimate of drug-likeness (QED) is 0.751. The molecule has 0 bridgehead atoms. The first-order valence-corrected chi connectivity index (χ1v) is 8.73. The fraction of sp³-hybridized carbons (Fsp3) is 0.526. The van der Waals surface area contributed by atoms with Crippen LogP contribution in [0.5, 0.6) is 5.75 Å². The molecule has 0 aliphatic heterocycles. The zero-order valence-electron chi connectivity index (χ0n) is 16.1. The van der Waals surface area contributed by atoms with Crippen LogP contribution in [-0.4, -0.2) is 31.4 Å². The molecule has 1 atom stereocenters. The van der Waals surface area contributed by atoms with Gasteiger partial charge in [-0.2, -0.15) is 5.10 Å². The molecule has 1 aromatic carbocycles. The molecule has 0 spiro atoms. The Morgan fingerprint density at radius 2 is 2.00 bits per heavy atom. The molecular weight excluding hydrogens is 332 g/mol. The van der Waals surface area contributed by atoms with E-state index in [1.807, 2.05) is 45.0 Å². The first-order valence-electron chi connectivity index (χ1n) is 8.73. The van der Waals surface area contributed by atoms with Gasteiger partial charge in [-0.3, -0.25) is 4.79 Å². The van der Waals surface area contributed by atoms with Gasteiger partial charge >= 0.3 is 0 Å². The zero-order valence-corrected chi connectivity index (χ0v) is 16.1. The highest BCUT2D eigenvalue weighted by Gasteiger charge is 2.28. The molecule has 1 heterocycles. The van der Waals surface area contributed by atoms with Gasteiger partial charge in [0.15, 0.2) is 17.8 Å². The lowest BCUT2D eigenvalue weighted by atomic mass is 10.1. The highest BCUT2D eigenvalue weighted by Crippen LogP contribution is 2.30. The van der Waals surface area contributed by atoms with Crippen molar-refractivity contribution in [3.63, 3.8) is 0 Å². The predicted octanol–water partition coefficient (Wildman–Crippen LogP) is 2.16. The van der Waals surface area contributed by atoms with Crippen LogP contribution < -0.4 is 10.5 Å². The lowest BCUT2D eigenvalue weighted by molar-refractivity contribution is -0.117. The van der Waals surface area contributed by atoms with Crippen molar-refractivity contribution in [2.24, 2.45) is 11.7 Å². The van der Waals surface area contributed by atoms with Gasteiger partial charge in [0.2, 0.25) is 5.91 Å². The van der Waals surface area contributed by atoms with E-state index in [0.717, 1.165) is 11.3 Å². The predicted molar refractivity (Wildman–Crippen MR) is 98.6 cm³/mol. The number of para-hydroxylation sites is 1. The third-order valence-electron chi connectivity index (χ3n) is 3.82. The summed E-state index contributed by atoms with van der Waals surface area (Å²) >= 11 is 0. The molecule has 7 heteroatoms. The summed E-state index contributed by atoms with van der Waals surface area (Å²) in [5.74, 6) is 1.26. The molecule has 7 nitrogen and oxygen atoms in total. The largest absolute Gasteiger partial charge is 0.482 e. The molecule has 1 amide bonds. The minimum Gasteiger partial charge on any atom is -0.482 e. The molecule has 2 aromatic rings. The van der Waals surface area contributed by atoms with Gasteiger partial charge in [0.1, 0.15) is 5.75 Å². The van der Waals surface area contributed by atoms with Crippen molar-refractivity contribution in [1.29, 1.82) is 0 Å². The van der Waals surface area contributed by atoms with Crippen molar-refractivity contribution in [1.82, 2.24) is 14.8 Å². The minimum absolute atomic E-state index is 0.0545. The van der Waals surface area contributed by atoms with Gasteiger partial charge in [0.05, 0.1) is 18.6 Å². The van der Waals surface area contributed by atoms with Crippen LogP contribution in [0.4, 0.5) is 0 Å². The van der Waals surface area contributed by atoms with E-state index in [9.17, 15) is 9.90 Å². The molecule has 0 saturated carbocycles. The molecule has 26 heavy (non-hydrogen) atoms. The number of ether oxygens (including phenoxy) is 1. The van der Waals surface area contributed by atoms with Crippen LogP contribution in [0.25, 0.3) is 0 Å². The summed E-state index contributed by atoms with van der Waals surface area (Å²) in [7, 11) is 0. The molecule has 142 valence electrons. The summed E-state index contributed by atoms with van der Waals surface area (Å²) in [6.07, 6.45) is -0.436. The van der Waals surface area contributed by atoms with E-state index in [1.165, 1.54) is 0 Å². The number of nitrogens with two attached hydrogens (primary N) is 1. The Bertz CT molecular complexity index is 762. The van der Waals surface area contributed by atoms with E-state index < -0.39 is 11.5 Å². The van der Waals surface area contributed by atoms with Crippen LogP contribution in [0, 0.1) is 12.8 Å². The number of aromatic nitrogens is 3. The Labute approximate surface area is 154 Å². The van der Waals surface area contributed by atoms with Gasteiger partial charge in [-0.25, -0.2) is 9.67 Å². The van der Waals surface area contributed by atoms with Gasteiger partial charge in [-0.15, -0.1) is 0 Å². The van der Waals surface area contributed by atoms with Gasteiger partial charge in [-0.1, -0.05) is 32.0 Å². The van der Waals surface area contributed by atoms with E-state index in [1.54, 1.807) is 18.5 Å². The fourth-order valence-corrected chi connectivity index (χ4v) is 2.64. The van der Waals surface area contributed by atoms with Gasteiger partial charge in [0.25, 0.3) is 0 Å². The van der Waals surface area contributed by atoms with E-state index in [4.69, 9.17) is 10.5 Å². The molecule has 0 fully saturated rings. The SMILES string of the molecule is Cc1ccccc1OC(c1nc(CC(N)=O)nn1CC(C)(C)O)C(C)C. The normalized spacial score (nSPS) is 13.0. The Morgan fingerprint density at radius 3 is 2.54 bits per heavy atom. The van der Waals surface area contributed by atoms with E-state index in [0.29, 0.717) is 11.6 Å². The second kappa shape index (κ2) is 7.86. The molecule has 2 rings (SSSR count). The van der Waals surface area contributed by atoms with Crippen LogP contribution in [0.1, 0.15) is 51.0 Å². The Morgan fingerprint density at radius 1 is 1.35 bits per heavy atom. The molecule has 0 saturated heterocycles. The second-order valence-corrected chi connectivity index (χ2v) is 7.55. The topological polar surface area (TPSA) is 103 Å². The molecule has 0 aliphatic rings. The number of rotatable bonds is 8. The lowest BCUT2D eigenvalue weighted by Crippen LogP contribution is -2.30. The number of nitrogens with zero attached hydrogens (tertiary/aromatic N) is 3. The van der Waals surface area contributed by atoms with Crippen molar-refractivity contribution in [2.75, 3.05) is 0 Å².